The second-order valence-electron chi connectivity index (χ2n) is 8.44. The van der Waals surface area contributed by atoms with Crippen LogP contribution in [0.15, 0.2) is 60.7 Å². The highest BCUT2D eigenvalue weighted by atomic mass is 35.5. The molecule has 0 saturated carbocycles. The molecule has 0 spiro atoms. The molecule has 0 aliphatic carbocycles. The van der Waals surface area contributed by atoms with E-state index in [0.717, 1.165) is 11.0 Å². The van der Waals surface area contributed by atoms with Crippen LogP contribution in [0.1, 0.15) is 32.7 Å². The molecule has 1 aliphatic rings. The number of halogens is 4. The number of alkyl halides is 2. The standard InChI is InChI=1S/C26H22Cl2F2N2O5/c1-37-22-12-15(6-8-20(22)31-23(34)17-4-2-3-5-19(17)28)24(35)32-11-10-26(29,30)25(36,14-33)18-13-16(27)7-9-21(18)32/h2-9,12-13,33,36H,10-11,14H2,1H3,(H,31,34)/t25-/m0/s1. The van der Waals surface area contributed by atoms with Crippen LogP contribution in [0.5, 0.6) is 5.75 Å². The third-order valence-electron chi connectivity index (χ3n) is 6.24. The summed E-state index contributed by atoms with van der Waals surface area (Å²) in [7, 11) is 1.35. The summed E-state index contributed by atoms with van der Waals surface area (Å²) in [5.41, 5.74) is -2.75. The number of carbonyl (C=O) groups is 2. The van der Waals surface area contributed by atoms with Crippen molar-refractivity contribution in [2.75, 3.05) is 30.5 Å². The second-order valence-corrected chi connectivity index (χ2v) is 9.28. The van der Waals surface area contributed by atoms with Crippen LogP contribution < -0.4 is 15.0 Å². The summed E-state index contributed by atoms with van der Waals surface area (Å²) < 4.78 is 35.3. The quantitative estimate of drug-likeness (QED) is 0.409. The van der Waals surface area contributed by atoms with E-state index < -0.39 is 42.9 Å². The van der Waals surface area contributed by atoms with Crippen LogP contribution in [0.2, 0.25) is 10.0 Å². The molecule has 37 heavy (non-hydrogen) atoms. The fraction of sp³-hybridized carbons (Fsp3) is 0.231. The molecule has 1 aliphatic heterocycles. The van der Waals surface area contributed by atoms with Crippen LogP contribution in [0.4, 0.5) is 20.2 Å². The molecular formula is C26H22Cl2F2N2O5. The maximum Gasteiger partial charge on any atom is 0.284 e. The maximum atomic E-state index is 15.0. The zero-order chi connectivity index (χ0) is 27.0. The molecule has 1 atom stereocenters. The van der Waals surface area contributed by atoms with Gasteiger partial charge in [-0.2, -0.15) is 0 Å². The number of benzene rings is 3. The average molecular weight is 551 g/mol. The number of nitrogens with one attached hydrogen (secondary N) is 1. The highest BCUT2D eigenvalue weighted by molar-refractivity contribution is 6.34. The smallest absolute Gasteiger partial charge is 0.284 e. The van der Waals surface area contributed by atoms with Crippen molar-refractivity contribution >= 4 is 46.4 Å². The number of carbonyl (C=O) groups excluding carboxylic acids is 2. The molecular weight excluding hydrogens is 529 g/mol. The first-order chi connectivity index (χ1) is 17.5. The minimum atomic E-state index is -3.75. The number of ether oxygens (including phenoxy) is 1. The van der Waals surface area contributed by atoms with E-state index in [1.54, 1.807) is 24.3 Å². The second kappa shape index (κ2) is 10.3. The van der Waals surface area contributed by atoms with Crippen molar-refractivity contribution in [3.05, 3.63) is 87.4 Å². The summed E-state index contributed by atoms with van der Waals surface area (Å²) in [5.74, 6) is -4.76. The molecule has 11 heteroatoms. The molecule has 3 aromatic carbocycles. The van der Waals surface area contributed by atoms with Crippen molar-refractivity contribution in [3.63, 3.8) is 0 Å². The molecule has 4 rings (SSSR count). The van der Waals surface area contributed by atoms with Crippen molar-refractivity contribution in [2.24, 2.45) is 0 Å². The zero-order valence-corrected chi connectivity index (χ0v) is 21.0. The van der Waals surface area contributed by atoms with E-state index in [0.29, 0.717) is 0 Å². The molecule has 0 saturated heterocycles. The molecule has 0 aromatic heterocycles. The first-order valence-corrected chi connectivity index (χ1v) is 11.8. The number of hydrogen-bond acceptors (Lipinski definition) is 5. The van der Waals surface area contributed by atoms with Gasteiger partial charge in [0.2, 0.25) is 0 Å². The van der Waals surface area contributed by atoms with Gasteiger partial charge < -0.3 is 25.2 Å². The van der Waals surface area contributed by atoms with Crippen LogP contribution in [-0.4, -0.2) is 48.2 Å². The van der Waals surface area contributed by atoms with Gasteiger partial charge in [0.1, 0.15) is 5.75 Å². The first-order valence-electron chi connectivity index (χ1n) is 11.1. The van der Waals surface area contributed by atoms with Crippen LogP contribution >= 0.6 is 23.2 Å². The van der Waals surface area contributed by atoms with E-state index in [2.05, 4.69) is 5.32 Å². The van der Waals surface area contributed by atoms with Gasteiger partial charge in [0, 0.05) is 29.1 Å². The van der Waals surface area contributed by atoms with E-state index in [-0.39, 0.29) is 43.9 Å². The van der Waals surface area contributed by atoms with Crippen LogP contribution in [0.25, 0.3) is 0 Å². The van der Waals surface area contributed by atoms with E-state index in [1.807, 2.05) is 0 Å². The molecule has 2 amide bonds. The van der Waals surface area contributed by atoms with Gasteiger partial charge in [-0.1, -0.05) is 35.3 Å². The number of methoxy groups -OCH3 is 1. The largest absolute Gasteiger partial charge is 0.495 e. The Hall–Kier alpha value is -3.24. The SMILES string of the molecule is COc1cc(C(=O)N2CCC(F)(F)[C@](O)(CO)c3cc(Cl)ccc32)ccc1NC(=O)c1ccccc1Cl. The van der Waals surface area contributed by atoms with Crippen molar-refractivity contribution in [2.45, 2.75) is 17.9 Å². The Labute approximate surface area is 221 Å². The first kappa shape index (κ1) is 26.8. The number of amides is 2. The number of nitrogens with zero attached hydrogens (tertiary/aromatic N) is 1. The number of aliphatic hydroxyl groups excluding tert-OH is 1. The van der Waals surface area contributed by atoms with Crippen LogP contribution in [-0.2, 0) is 5.60 Å². The van der Waals surface area contributed by atoms with Crippen molar-refractivity contribution < 1.29 is 33.3 Å². The van der Waals surface area contributed by atoms with Gasteiger partial charge in [-0.15, -0.1) is 0 Å². The summed E-state index contributed by atoms with van der Waals surface area (Å²) >= 11 is 12.1. The predicted octanol–water partition coefficient (Wildman–Crippen LogP) is 5.12. The fourth-order valence-corrected chi connectivity index (χ4v) is 4.58. The Bertz CT molecular complexity index is 1370. The Morgan fingerprint density at radius 3 is 2.51 bits per heavy atom. The number of rotatable bonds is 5. The Morgan fingerprint density at radius 2 is 1.84 bits per heavy atom. The van der Waals surface area contributed by atoms with Gasteiger partial charge >= 0.3 is 0 Å². The molecule has 0 radical (unpaired) electrons. The Kier molecular flexibility index (Phi) is 7.43. The number of fused-ring (bicyclic) bond motifs is 1. The van der Waals surface area contributed by atoms with Crippen LogP contribution in [0, 0.1) is 0 Å². The zero-order valence-electron chi connectivity index (χ0n) is 19.5. The molecule has 0 unspecified atom stereocenters. The van der Waals surface area contributed by atoms with E-state index in [1.165, 1.54) is 37.4 Å². The molecule has 0 bridgehead atoms. The van der Waals surface area contributed by atoms with Gasteiger partial charge in [0.25, 0.3) is 17.7 Å². The van der Waals surface area contributed by atoms with Gasteiger partial charge in [0.15, 0.2) is 5.60 Å². The van der Waals surface area contributed by atoms with E-state index in [9.17, 15) is 28.6 Å². The summed E-state index contributed by atoms with van der Waals surface area (Å²) in [4.78, 5) is 27.3. The number of hydrogen-bond donors (Lipinski definition) is 3. The van der Waals surface area contributed by atoms with Crippen LogP contribution in [0.3, 0.4) is 0 Å². The average Bonchev–Trinajstić information content (AvgIpc) is 2.96. The number of anilines is 2. The van der Waals surface area contributed by atoms with Gasteiger partial charge in [-0.05, 0) is 48.5 Å². The fourth-order valence-electron chi connectivity index (χ4n) is 4.18. The lowest BCUT2D eigenvalue weighted by Gasteiger charge is -2.33. The third kappa shape index (κ3) is 4.87. The minimum absolute atomic E-state index is 0.0156. The normalized spacial score (nSPS) is 18.5. The minimum Gasteiger partial charge on any atom is -0.495 e. The summed E-state index contributed by atoms with van der Waals surface area (Å²) in [6, 6.07) is 14.5. The molecule has 7 nitrogen and oxygen atoms in total. The van der Waals surface area contributed by atoms with E-state index >= 15 is 0 Å². The van der Waals surface area contributed by atoms with Crippen molar-refractivity contribution in [3.8, 4) is 5.75 Å². The lowest BCUT2D eigenvalue weighted by molar-refractivity contribution is -0.205. The lowest BCUT2D eigenvalue weighted by Crippen LogP contribution is -2.48. The number of aliphatic hydroxyl groups is 2. The van der Waals surface area contributed by atoms with Crippen molar-refractivity contribution in [1.82, 2.24) is 0 Å². The monoisotopic (exact) mass is 550 g/mol. The highest BCUT2D eigenvalue weighted by Gasteiger charge is 2.56. The summed E-state index contributed by atoms with van der Waals surface area (Å²) in [6.45, 7) is -1.72. The maximum absolute atomic E-state index is 15.0. The van der Waals surface area contributed by atoms with Gasteiger partial charge in [-0.25, -0.2) is 8.78 Å². The Morgan fingerprint density at radius 1 is 1.11 bits per heavy atom. The molecule has 194 valence electrons. The molecule has 3 aromatic rings. The van der Waals surface area contributed by atoms with Crippen molar-refractivity contribution in [1.29, 1.82) is 0 Å². The Balaban J connectivity index is 1.70. The molecule has 0 fully saturated rings. The van der Waals surface area contributed by atoms with Gasteiger partial charge in [0.05, 0.1) is 35.7 Å². The topological polar surface area (TPSA) is 99.1 Å². The molecule has 3 N–H and O–H groups in total. The van der Waals surface area contributed by atoms with E-state index in [4.69, 9.17) is 27.9 Å². The van der Waals surface area contributed by atoms with Gasteiger partial charge in [-0.3, -0.25) is 9.59 Å². The third-order valence-corrected chi connectivity index (χ3v) is 6.80. The predicted molar refractivity (Wildman–Crippen MR) is 136 cm³/mol. The summed E-state index contributed by atoms with van der Waals surface area (Å²) in [6.07, 6.45) is -0.911. The lowest BCUT2D eigenvalue weighted by atomic mass is 9.86. The summed E-state index contributed by atoms with van der Waals surface area (Å²) in [5, 5.41) is 23.5. The molecule has 1 heterocycles. The highest BCUT2D eigenvalue weighted by Crippen LogP contribution is 2.47.